The Kier molecular flexibility index (Phi) is 5.53. The molecule has 0 saturated carbocycles. The van der Waals surface area contributed by atoms with E-state index in [1.807, 2.05) is 30.5 Å². The first-order chi connectivity index (χ1) is 12.1. The summed E-state index contributed by atoms with van der Waals surface area (Å²) in [6.45, 7) is 2.74. The van der Waals surface area contributed by atoms with Gasteiger partial charge in [0.15, 0.2) is 0 Å². The maximum absolute atomic E-state index is 14.7. The molecule has 1 aromatic carbocycles. The zero-order valence-electron chi connectivity index (χ0n) is 14.5. The summed E-state index contributed by atoms with van der Waals surface area (Å²) in [7, 11) is 0. The molecule has 0 bridgehead atoms. The number of nitrogens with zero attached hydrogens (tertiary/aromatic N) is 2. The predicted molar refractivity (Wildman–Crippen MR) is 103 cm³/mol. The van der Waals surface area contributed by atoms with Crippen LogP contribution in [0.3, 0.4) is 0 Å². The minimum atomic E-state index is -0.488. The SMILES string of the molecule is CCCCCn1ccc2cc(-c3ccc(SC)cn3)cc(F)c2c1=O. The minimum Gasteiger partial charge on any atom is -0.315 e. The monoisotopic (exact) mass is 356 g/mol. The summed E-state index contributed by atoms with van der Waals surface area (Å²) in [5.74, 6) is -0.488. The van der Waals surface area contributed by atoms with Gasteiger partial charge in [-0.05, 0) is 48.4 Å². The van der Waals surface area contributed by atoms with E-state index in [-0.39, 0.29) is 10.9 Å². The molecule has 0 atom stereocenters. The quantitative estimate of drug-likeness (QED) is 0.454. The van der Waals surface area contributed by atoms with Crippen molar-refractivity contribution in [2.24, 2.45) is 0 Å². The van der Waals surface area contributed by atoms with Gasteiger partial charge in [-0.1, -0.05) is 19.8 Å². The highest BCUT2D eigenvalue weighted by Gasteiger charge is 2.11. The van der Waals surface area contributed by atoms with Gasteiger partial charge in [-0.3, -0.25) is 9.78 Å². The number of benzene rings is 1. The predicted octanol–water partition coefficient (Wildman–Crippen LogP) is 5.11. The summed E-state index contributed by atoms with van der Waals surface area (Å²) in [4.78, 5) is 18.0. The smallest absolute Gasteiger partial charge is 0.261 e. The van der Waals surface area contributed by atoms with Crippen LogP contribution in [0.15, 0.2) is 52.4 Å². The third-order valence-corrected chi connectivity index (χ3v) is 5.01. The molecule has 3 rings (SSSR count). The topological polar surface area (TPSA) is 34.9 Å². The van der Waals surface area contributed by atoms with E-state index < -0.39 is 5.82 Å². The Morgan fingerprint density at radius 3 is 2.72 bits per heavy atom. The van der Waals surface area contributed by atoms with Gasteiger partial charge in [0.1, 0.15) is 5.82 Å². The lowest BCUT2D eigenvalue weighted by Gasteiger charge is -2.09. The number of fused-ring (bicyclic) bond motifs is 1. The van der Waals surface area contributed by atoms with Crippen LogP contribution in [0.2, 0.25) is 0 Å². The average Bonchev–Trinajstić information content (AvgIpc) is 2.63. The minimum absolute atomic E-state index is 0.156. The molecule has 0 saturated heterocycles. The lowest BCUT2D eigenvalue weighted by Crippen LogP contribution is -2.20. The van der Waals surface area contributed by atoms with Crippen LogP contribution in [0.5, 0.6) is 0 Å². The molecule has 0 unspecified atom stereocenters. The number of pyridine rings is 2. The third-order valence-electron chi connectivity index (χ3n) is 4.30. The number of halogens is 1. The molecule has 0 fully saturated rings. The second-order valence-electron chi connectivity index (χ2n) is 6.03. The van der Waals surface area contributed by atoms with Crippen LogP contribution >= 0.6 is 11.8 Å². The Morgan fingerprint density at radius 2 is 2.04 bits per heavy atom. The van der Waals surface area contributed by atoms with E-state index in [1.165, 1.54) is 6.07 Å². The molecule has 3 aromatic rings. The van der Waals surface area contributed by atoms with E-state index in [1.54, 1.807) is 28.7 Å². The molecule has 0 aliphatic carbocycles. The molecular weight excluding hydrogens is 335 g/mol. The first kappa shape index (κ1) is 17.7. The van der Waals surface area contributed by atoms with Crippen molar-refractivity contribution in [1.82, 2.24) is 9.55 Å². The third kappa shape index (κ3) is 3.76. The highest BCUT2D eigenvalue weighted by atomic mass is 32.2. The molecule has 25 heavy (non-hydrogen) atoms. The molecule has 0 spiro atoms. The standard InChI is InChI=1S/C20H21FN2OS/c1-3-4-5-9-23-10-8-14-11-15(12-17(21)19(14)20(23)24)18-7-6-16(25-2)13-22-18/h6-8,10-13H,3-5,9H2,1-2H3. The number of hydrogen-bond donors (Lipinski definition) is 0. The fourth-order valence-corrected chi connectivity index (χ4v) is 3.26. The molecule has 5 heteroatoms. The van der Waals surface area contributed by atoms with Crippen LogP contribution in [0.4, 0.5) is 4.39 Å². The summed E-state index contributed by atoms with van der Waals surface area (Å²) in [6, 6.07) is 8.88. The molecule has 0 amide bonds. The molecule has 2 aromatic heterocycles. The Hall–Kier alpha value is -2.14. The molecular formula is C20H21FN2OS. The molecule has 0 aliphatic rings. The highest BCUT2D eigenvalue weighted by Crippen LogP contribution is 2.25. The van der Waals surface area contributed by atoms with Crippen LogP contribution in [0, 0.1) is 5.82 Å². The first-order valence-electron chi connectivity index (χ1n) is 8.47. The van der Waals surface area contributed by atoms with Crippen LogP contribution < -0.4 is 5.56 Å². The van der Waals surface area contributed by atoms with E-state index in [4.69, 9.17) is 0 Å². The van der Waals surface area contributed by atoms with Crippen molar-refractivity contribution < 1.29 is 4.39 Å². The zero-order chi connectivity index (χ0) is 17.8. The summed E-state index contributed by atoms with van der Waals surface area (Å²) in [5.41, 5.74) is 1.12. The molecule has 2 heterocycles. The van der Waals surface area contributed by atoms with Crippen molar-refractivity contribution in [3.8, 4) is 11.3 Å². The van der Waals surface area contributed by atoms with Gasteiger partial charge in [-0.25, -0.2) is 4.39 Å². The van der Waals surface area contributed by atoms with Crippen molar-refractivity contribution in [3.63, 3.8) is 0 Å². The van der Waals surface area contributed by atoms with E-state index >= 15 is 0 Å². The van der Waals surface area contributed by atoms with Crippen LogP contribution in [0.25, 0.3) is 22.0 Å². The van der Waals surface area contributed by atoms with E-state index in [9.17, 15) is 9.18 Å². The second-order valence-corrected chi connectivity index (χ2v) is 6.91. The molecule has 0 radical (unpaired) electrons. The fourth-order valence-electron chi connectivity index (χ4n) is 2.89. The van der Waals surface area contributed by atoms with Gasteiger partial charge in [-0.15, -0.1) is 11.8 Å². The van der Waals surface area contributed by atoms with Gasteiger partial charge >= 0.3 is 0 Å². The van der Waals surface area contributed by atoms with Crippen molar-refractivity contribution in [1.29, 1.82) is 0 Å². The fraction of sp³-hybridized carbons (Fsp3) is 0.300. The summed E-state index contributed by atoms with van der Waals surface area (Å²) >= 11 is 1.61. The first-order valence-corrected chi connectivity index (χ1v) is 9.69. The van der Waals surface area contributed by atoms with Gasteiger partial charge < -0.3 is 4.57 Å². The number of aromatic nitrogens is 2. The van der Waals surface area contributed by atoms with Crippen molar-refractivity contribution >= 4 is 22.5 Å². The Morgan fingerprint density at radius 1 is 1.20 bits per heavy atom. The van der Waals surface area contributed by atoms with Gasteiger partial charge in [0.2, 0.25) is 0 Å². The normalized spacial score (nSPS) is 11.2. The van der Waals surface area contributed by atoms with Gasteiger partial charge in [0, 0.05) is 29.4 Å². The summed E-state index contributed by atoms with van der Waals surface area (Å²) in [6.07, 6.45) is 8.58. The number of rotatable bonds is 6. The molecule has 3 nitrogen and oxygen atoms in total. The van der Waals surface area contributed by atoms with Crippen molar-refractivity contribution in [2.45, 2.75) is 37.6 Å². The molecule has 130 valence electrons. The average molecular weight is 356 g/mol. The van der Waals surface area contributed by atoms with Crippen molar-refractivity contribution in [2.75, 3.05) is 6.26 Å². The van der Waals surface area contributed by atoms with Crippen LogP contribution in [0.1, 0.15) is 26.2 Å². The van der Waals surface area contributed by atoms with Gasteiger partial charge in [0.05, 0.1) is 11.1 Å². The Bertz CT molecular complexity index is 935. The van der Waals surface area contributed by atoms with Gasteiger partial charge in [-0.2, -0.15) is 0 Å². The number of aryl methyl sites for hydroxylation is 1. The zero-order valence-corrected chi connectivity index (χ0v) is 15.3. The van der Waals surface area contributed by atoms with E-state index in [2.05, 4.69) is 11.9 Å². The lowest BCUT2D eigenvalue weighted by atomic mass is 10.1. The molecule has 0 aliphatic heterocycles. The van der Waals surface area contributed by atoms with Gasteiger partial charge in [0.25, 0.3) is 5.56 Å². The number of thioether (sulfide) groups is 1. The Balaban J connectivity index is 2.02. The number of hydrogen-bond acceptors (Lipinski definition) is 3. The molecule has 0 N–H and O–H groups in total. The lowest BCUT2D eigenvalue weighted by molar-refractivity contribution is 0.586. The van der Waals surface area contributed by atoms with Crippen LogP contribution in [-0.2, 0) is 6.54 Å². The Labute approximate surface area is 150 Å². The second kappa shape index (κ2) is 7.83. The largest absolute Gasteiger partial charge is 0.315 e. The summed E-state index contributed by atoms with van der Waals surface area (Å²) in [5, 5.41) is 0.769. The number of unbranched alkanes of at least 4 members (excludes halogenated alkanes) is 2. The van der Waals surface area contributed by atoms with Crippen LogP contribution in [-0.4, -0.2) is 15.8 Å². The van der Waals surface area contributed by atoms with E-state index in [0.717, 1.165) is 24.2 Å². The maximum atomic E-state index is 14.7. The maximum Gasteiger partial charge on any atom is 0.261 e. The summed E-state index contributed by atoms with van der Waals surface area (Å²) < 4.78 is 16.3. The van der Waals surface area contributed by atoms with Crippen molar-refractivity contribution in [3.05, 3.63) is 58.9 Å². The van der Waals surface area contributed by atoms with E-state index in [0.29, 0.717) is 23.2 Å². The highest BCUT2D eigenvalue weighted by molar-refractivity contribution is 7.98.